The van der Waals surface area contributed by atoms with Crippen molar-refractivity contribution in [2.75, 3.05) is 11.9 Å². The number of aromatic nitrogens is 6. The minimum Gasteiger partial charge on any atom is -0.379 e. The fraction of sp³-hybridized carbons (Fsp3) is 0.478. The first-order chi connectivity index (χ1) is 15.2. The predicted octanol–water partition coefficient (Wildman–Crippen LogP) is 4.23. The summed E-state index contributed by atoms with van der Waals surface area (Å²) in [6.07, 6.45) is 8.58. The van der Waals surface area contributed by atoms with Crippen LogP contribution < -0.4 is 5.32 Å². The highest BCUT2D eigenvalue weighted by atomic mass is 16.5. The van der Waals surface area contributed by atoms with E-state index in [0.717, 1.165) is 72.6 Å². The number of imidazole rings is 1. The molecule has 5 rings (SSSR count). The average molecular weight is 420 g/mol. The smallest absolute Gasteiger partial charge is 0.241 e. The van der Waals surface area contributed by atoms with Gasteiger partial charge in [-0.25, -0.2) is 19.5 Å². The van der Waals surface area contributed by atoms with Gasteiger partial charge in [0.2, 0.25) is 5.95 Å². The van der Waals surface area contributed by atoms with Crippen molar-refractivity contribution in [2.45, 2.75) is 65.1 Å². The molecule has 1 N–H and O–H groups in total. The van der Waals surface area contributed by atoms with E-state index in [9.17, 15) is 0 Å². The van der Waals surface area contributed by atoms with E-state index in [0.29, 0.717) is 18.1 Å². The van der Waals surface area contributed by atoms with Gasteiger partial charge in [-0.15, -0.1) is 5.10 Å². The first kappa shape index (κ1) is 19.9. The molecule has 0 saturated heterocycles. The summed E-state index contributed by atoms with van der Waals surface area (Å²) in [6, 6.07) is 6.50. The number of pyridine rings is 1. The molecule has 8 heteroatoms. The molecule has 4 aromatic rings. The molecule has 0 amide bonds. The fourth-order valence-electron chi connectivity index (χ4n) is 4.62. The van der Waals surface area contributed by atoms with Crippen LogP contribution >= 0.6 is 0 Å². The zero-order valence-corrected chi connectivity index (χ0v) is 18.4. The van der Waals surface area contributed by atoms with Gasteiger partial charge in [-0.1, -0.05) is 0 Å². The predicted molar refractivity (Wildman–Crippen MR) is 121 cm³/mol. The van der Waals surface area contributed by atoms with Crippen molar-refractivity contribution >= 4 is 22.6 Å². The van der Waals surface area contributed by atoms with Crippen LogP contribution in [0.15, 0.2) is 30.6 Å². The Balaban J connectivity index is 1.38. The van der Waals surface area contributed by atoms with Gasteiger partial charge in [0.1, 0.15) is 11.3 Å². The lowest BCUT2D eigenvalue weighted by molar-refractivity contribution is 0.0346. The summed E-state index contributed by atoms with van der Waals surface area (Å²) in [5.74, 6) is 1.65. The summed E-state index contributed by atoms with van der Waals surface area (Å²) in [6.45, 7) is 7.83. The molecule has 0 bridgehead atoms. The molecular formula is C23H29N7O. The van der Waals surface area contributed by atoms with Crippen molar-refractivity contribution in [2.24, 2.45) is 0 Å². The fourth-order valence-corrected chi connectivity index (χ4v) is 4.62. The molecule has 0 atom stereocenters. The number of nitrogens with one attached hydrogen (secondary N) is 1. The maximum Gasteiger partial charge on any atom is 0.241 e. The van der Waals surface area contributed by atoms with Gasteiger partial charge in [-0.2, -0.15) is 0 Å². The lowest BCUT2D eigenvalue weighted by atomic mass is 9.93. The zero-order valence-electron chi connectivity index (χ0n) is 18.4. The Bertz CT molecular complexity index is 1200. The minimum atomic E-state index is 0.394. The Morgan fingerprint density at radius 2 is 1.94 bits per heavy atom. The van der Waals surface area contributed by atoms with Crippen LogP contribution in [-0.2, 0) is 11.3 Å². The largest absolute Gasteiger partial charge is 0.379 e. The summed E-state index contributed by atoms with van der Waals surface area (Å²) in [5, 5.41) is 8.19. The molecule has 0 unspecified atom stereocenters. The highest BCUT2D eigenvalue weighted by Crippen LogP contribution is 2.27. The molecule has 1 fully saturated rings. The summed E-state index contributed by atoms with van der Waals surface area (Å²) in [7, 11) is 0. The average Bonchev–Trinajstić information content (AvgIpc) is 3.34. The van der Waals surface area contributed by atoms with E-state index in [-0.39, 0.29) is 0 Å². The van der Waals surface area contributed by atoms with Gasteiger partial charge < -0.3 is 14.6 Å². The molecule has 4 heterocycles. The van der Waals surface area contributed by atoms with Crippen molar-refractivity contribution in [1.82, 2.24) is 29.1 Å². The molecule has 0 aliphatic heterocycles. The third-order valence-corrected chi connectivity index (χ3v) is 6.20. The SMILES string of the molecule is CCO[C@H]1CC[C@H](Nc2ncc3c(-c4ccc5nc(C)n(CC)c5n4)ccn3n2)CC1. The number of aryl methyl sites for hydroxylation is 2. The van der Waals surface area contributed by atoms with Crippen molar-refractivity contribution in [1.29, 1.82) is 0 Å². The first-order valence-electron chi connectivity index (χ1n) is 11.2. The summed E-state index contributed by atoms with van der Waals surface area (Å²) in [4.78, 5) is 14.1. The van der Waals surface area contributed by atoms with E-state index in [2.05, 4.69) is 44.9 Å². The Morgan fingerprint density at radius 1 is 1.10 bits per heavy atom. The van der Waals surface area contributed by atoms with Gasteiger partial charge in [0.15, 0.2) is 5.65 Å². The zero-order chi connectivity index (χ0) is 21.4. The van der Waals surface area contributed by atoms with Crippen LogP contribution in [0, 0.1) is 6.92 Å². The number of fused-ring (bicyclic) bond motifs is 2. The van der Waals surface area contributed by atoms with E-state index in [1.54, 1.807) is 0 Å². The second-order valence-electron chi connectivity index (χ2n) is 8.16. The molecule has 31 heavy (non-hydrogen) atoms. The third kappa shape index (κ3) is 3.76. The van der Waals surface area contributed by atoms with Gasteiger partial charge in [0.25, 0.3) is 0 Å². The maximum atomic E-state index is 5.75. The van der Waals surface area contributed by atoms with Crippen molar-refractivity contribution < 1.29 is 4.74 Å². The van der Waals surface area contributed by atoms with Gasteiger partial charge >= 0.3 is 0 Å². The molecule has 162 valence electrons. The van der Waals surface area contributed by atoms with Crippen LogP contribution in [0.2, 0.25) is 0 Å². The van der Waals surface area contributed by atoms with Gasteiger partial charge in [-0.3, -0.25) is 0 Å². The minimum absolute atomic E-state index is 0.394. The normalized spacial score (nSPS) is 19.3. The molecule has 1 aliphatic rings. The van der Waals surface area contributed by atoms with Crippen molar-refractivity contribution in [3.8, 4) is 11.3 Å². The molecule has 4 aromatic heterocycles. The molecule has 1 aliphatic carbocycles. The van der Waals surface area contributed by atoms with Crippen LogP contribution in [0.1, 0.15) is 45.4 Å². The number of hydrogen-bond donors (Lipinski definition) is 1. The van der Waals surface area contributed by atoms with Crippen LogP contribution in [0.5, 0.6) is 0 Å². The van der Waals surface area contributed by atoms with Crippen LogP contribution in [0.25, 0.3) is 27.9 Å². The second kappa shape index (κ2) is 8.26. The number of hydrogen-bond acceptors (Lipinski definition) is 6. The van der Waals surface area contributed by atoms with E-state index in [1.807, 2.05) is 36.0 Å². The van der Waals surface area contributed by atoms with Crippen LogP contribution in [0.3, 0.4) is 0 Å². The standard InChI is InChI=1S/C23H29N7O/c1-4-29-15(3)25-20-11-10-19(27-22(20)29)18-12-13-30-21(18)14-24-23(28-30)26-16-6-8-17(9-7-16)31-5-2/h10-14,16-17H,4-9H2,1-3H3,(H,26,28)/t16-,17-. The van der Waals surface area contributed by atoms with E-state index in [1.165, 1.54) is 0 Å². The molecule has 8 nitrogen and oxygen atoms in total. The molecule has 0 spiro atoms. The van der Waals surface area contributed by atoms with Crippen molar-refractivity contribution in [3.05, 3.63) is 36.4 Å². The summed E-state index contributed by atoms with van der Waals surface area (Å²) < 4.78 is 9.77. The second-order valence-corrected chi connectivity index (χ2v) is 8.16. The Hall–Kier alpha value is -3.00. The topological polar surface area (TPSA) is 82.2 Å². The number of anilines is 1. The van der Waals surface area contributed by atoms with Crippen LogP contribution in [0.4, 0.5) is 5.95 Å². The Kier molecular flexibility index (Phi) is 5.31. The first-order valence-corrected chi connectivity index (χ1v) is 11.2. The Morgan fingerprint density at radius 3 is 2.71 bits per heavy atom. The van der Waals surface area contributed by atoms with Gasteiger partial charge in [0, 0.05) is 31.0 Å². The van der Waals surface area contributed by atoms with Gasteiger partial charge in [0.05, 0.1) is 23.5 Å². The van der Waals surface area contributed by atoms with Crippen LogP contribution in [-0.4, -0.2) is 47.9 Å². The quantitative estimate of drug-likeness (QED) is 0.504. The molecule has 0 radical (unpaired) electrons. The third-order valence-electron chi connectivity index (χ3n) is 6.20. The van der Waals surface area contributed by atoms with Gasteiger partial charge in [-0.05, 0) is 64.7 Å². The molecule has 0 aromatic carbocycles. The number of rotatable bonds is 6. The lowest BCUT2D eigenvalue weighted by Crippen LogP contribution is -2.30. The van der Waals surface area contributed by atoms with E-state index < -0.39 is 0 Å². The van der Waals surface area contributed by atoms with E-state index in [4.69, 9.17) is 9.72 Å². The van der Waals surface area contributed by atoms with Crippen molar-refractivity contribution in [3.63, 3.8) is 0 Å². The summed E-state index contributed by atoms with van der Waals surface area (Å²) in [5.41, 5.74) is 4.71. The highest BCUT2D eigenvalue weighted by Gasteiger charge is 2.22. The number of nitrogens with zero attached hydrogens (tertiary/aromatic N) is 6. The molecule has 1 saturated carbocycles. The Labute approximate surface area is 181 Å². The maximum absolute atomic E-state index is 5.75. The monoisotopic (exact) mass is 419 g/mol. The lowest BCUT2D eigenvalue weighted by Gasteiger charge is -2.28. The van der Waals surface area contributed by atoms with E-state index >= 15 is 0 Å². The summed E-state index contributed by atoms with van der Waals surface area (Å²) >= 11 is 0. The highest BCUT2D eigenvalue weighted by molar-refractivity contribution is 5.82. The molecular weight excluding hydrogens is 390 g/mol. The number of ether oxygens (including phenoxy) is 1.